The van der Waals surface area contributed by atoms with E-state index in [-0.39, 0.29) is 17.7 Å². The first kappa shape index (κ1) is 27.5. The van der Waals surface area contributed by atoms with Gasteiger partial charge >= 0.3 is 11.9 Å². The topological polar surface area (TPSA) is 202 Å². The third-order valence-corrected chi connectivity index (χ3v) is 7.81. The van der Waals surface area contributed by atoms with Gasteiger partial charge in [-0.05, 0) is 30.2 Å². The molecule has 39 heavy (non-hydrogen) atoms. The second kappa shape index (κ2) is 10.5. The molecule has 1 aromatic rings. The molecule has 0 aromatic heterocycles. The summed E-state index contributed by atoms with van der Waals surface area (Å²) in [6, 6.07) is 6.13. The van der Waals surface area contributed by atoms with E-state index in [1.54, 1.807) is 18.2 Å². The molecular weight excluding hydrogens is 520 g/mol. The molecule has 2 saturated heterocycles. The van der Waals surface area contributed by atoms with Crippen molar-refractivity contribution in [2.75, 3.05) is 13.7 Å². The first-order valence-electron chi connectivity index (χ1n) is 12.4. The van der Waals surface area contributed by atoms with Crippen molar-refractivity contribution in [3.05, 3.63) is 53.8 Å². The monoisotopic (exact) mass is 550 g/mol. The number of hydrogen-bond acceptors (Lipinski definition) is 13. The maximum atomic E-state index is 13.1. The minimum absolute atomic E-state index is 0.0426. The number of aliphatic hydroxyl groups is 5. The molecule has 13 heteroatoms. The number of phenols is 1. The molecule has 0 radical (unpaired) electrons. The zero-order valence-electron chi connectivity index (χ0n) is 20.8. The van der Waals surface area contributed by atoms with E-state index in [4.69, 9.17) is 23.7 Å². The number of esters is 2. The van der Waals surface area contributed by atoms with E-state index in [2.05, 4.69) is 0 Å². The maximum Gasteiger partial charge on any atom is 0.337 e. The molecule has 4 aliphatic rings. The van der Waals surface area contributed by atoms with Crippen LogP contribution in [0.1, 0.15) is 5.56 Å². The van der Waals surface area contributed by atoms with Gasteiger partial charge in [-0.15, -0.1) is 0 Å². The molecule has 0 bridgehead atoms. The molecule has 1 spiro atoms. The Bertz CT molecular complexity index is 1150. The highest BCUT2D eigenvalue weighted by atomic mass is 16.8. The molecule has 212 valence electrons. The smallest absolute Gasteiger partial charge is 0.337 e. The van der Waals surface area contributed by atoms with Gasteiger partial charge in [0.25, 0.3) is 0 Å². The molecule has 3 heterocycles. The highest BCUT2D eigenvalue weighted by molar-refractivity contribution is 5.89. The number of hydrogen-bond donors (Lipinski definition) is 6. The molecule has 5 rings (SSSR count). The number of aromatic hydroxyl groups is 1. The Balaban J connectivity index is 1.46. The average molecular weight is 551 g/mol. The Morgan fingerprint density at radius 3 is 2.44 bits per heavy atom. The molecule has 1 aromatic carbocycles. The van der Waals surface area contributed by atoms with E-state index < -0.39 is 85.0 Å². The summed E-state index contributed by atoms with van der Waals surface area (Å²) in [5.41, 5.74) is -0.988. The van der Waals surface area contributed by atoms with E-state index in [0.29, 0.717) is 5.56 Å². The third-order valence-electron chi connectivity index (χ3n) is 7.81. The molecule has 6 N–H and O–H groups in total. The standard InChI is InChI=1S/C26H30O13/c1-35-22(33)15-10-36-24(38-25-20(31)19(30)18(29)16(9-27)37-25)17-13(15)6-7-26(17)21(32)14(23(34)39-26)8-11-2-4-12(28)5-3-11/h2-7,10,13-14,16-21,24-25,27-32H,8-9H2,1H3/t13-,14-,16-,17-,18-,19+,20-,21-,24-,25+,26+/m0/s1. The number of carbonyl (C=O) groups is 2. The van der Waals surface area contributed by atoms with Crippen molar-refractivity contribution in [2.45, 2.75) is 55.1 Å². The van der Waals surface area contributed by atoms with Crippen LogP contribution in [0.25, 0.3) is 0 Å². The molecule has 11 atom stereocenters. The number of methoxy groups -OCH3 is 1. The predicted molar refractivity (Wildman–Crippen MR) is 126 cm³/mol. The van der Waals surface area contributed by atoms with Gasteiger partial charge in [-0.25, -0.2) is 4.79 Å². The fourth-order valence-electron chi connectivity index (χ4n) is 5.71. The molecule has 2 fully saturated rings. The van der Waals surface area contributed by atoms with Crippen LogP contribution in [-0.2, 0) is 39.7 Å². The largest absolute Gasteiger partial charge is 0.508 e. The van der Waals surface area contributed by atoms with E-state index in [0.717, 1.165) is 6.26 Å². The number of aliphatic hydroxyl groups excluding tert-OH is 5. The van der Waals surface area contributed by atoms with E-state index in [9.17, 15) is 40.2 Å². The Morgan fingerprint density at radius 2 is 1.77 bits per heavy atom. The van der Waals surface area contributed by atoms with Gasteiger partial charge in [0.05, 0.1) is 37.4 Å². The van der Waals surface area contributed by atoms with Crippen LogP contribution in [0.15, 0.2) is 48.3 Å². The van der Waals surface area contributed by atoms with Gasteiger partial charge in [0.2, 0.25) is 6.29 Å². The van der Waals surface area contributed by atoms with Crippen molar-refractivity contribution >= 4 is 11.9 Å². The van der Waals surface area contributed by atoms with Gasteiger partial charge in [0.1, 0.15) is 36.3 Å². The summed E-state index contributed by atoms with van der Waals surface area (Å²) in [7, 11) is 1.18. The molecule has 0 saturated carbocycles. The van der Waals surface area contributed by atoms with Gasteiger partial charge in [-0.1, -0.05) is 18.2 Å². The Labute approximate surface area is 222 Å². The van der Waals surface area contributed by atoms with Crippen LogP contribution in [0.4, 0.5) is 0 Å². The Hall–Kier alpha value is -3.04. The predicted octanol–water partition coefficient (Wildman–Crippen LogP) is -1.76. The summed E-state index contributed by atoms with van der Waals surface area (Å²) >= 11 is 0. The molecule has 3 aliphatic heterocycles. The molecule has 1 aliphatic carbocycles. The number of carbonyl (C=O) groups excluding carboxylic acids is 2. The first-order chi connectivity index (χ1) is 18.6. The first-order valence-corrected chi connectivity index (χ1v) is 12.4. The number of benzene rings is 1. The lowest BCUT2D eigenvalue weighted by Gasteiger charge is -2.45. The molecular formula is C26H30O13. The fourth-order valence-corrected chi connectivity index (χ4v) is 5.71. The number of ether oxygens (including phenoxy) is 5. The van der Waals surface area contributed by atoms with Crippen LogP contribution in [0.3, 0.4) is 0 Å². The molecule has 13 nitrogen and oxygen atoms in total. The average Bonchev–Trinajstić information content (AvgIpc) is 3.43. The minimum atomic E-state index is -1.75. The highest BCUT2D eigenvalue weighted by Gasteiger charge is 2.66. The quantitative estimate of drug-likeness (QED) is 0.172. The number of fused-ring (bicyclic) bond motifs is 2. The third kappa shape index (κ3) is 4.59. The molecule has 0 unspecified atom stereocenters. The lowest BCUT2D eigenvalue weighted by molar-refractivity contribution is -0.347. The van der Waals surface area contributed by atoms with Crippen LogP contribution in [0.5, 0.6) is 5.75 Å². The van der Waals surface area contributed by atoms with Crippen molar-refractivity contribution in [2.24, 2.45) is 17.8 Å². The van der Waals surface area contributed by atoms with Crippen molar-refractivity contribution in [1.82, 2.24) is 0 Å². The summed E-state index contributed by atoms with van der Waals surface area (Å²) in [6.07, 6.45) is -6.53. The lowest BCUT2D eigenvalue weighted by atomic mass is 9.74. The van der Waals surface area contributed by atoms with Crippen LogP contribution in [0.2, 0.25) is 0 Å². The normalized spacial score (nSPS) is 41.1. The van der Waals surface area contributed by atoms with Crippen molar-refractivity contribution in [3.63, 3.8) is 0 Å². The van der Waals surface area contributed by atoms with Crippen LogP contribution >= 0.6 is 0 Å². The van der Waals surface area contributed by atoms with Crippen LogP contribution in [0, 0.1) is 17.8 Å². The van der Waals surface area contributed by atoms with Gasteiger partial charge in [0, 0.05) is 5.92 Å². The minimum Gasteiger partial charge on any atom is -0.508 e. The summed E-state index contributed by atoms with van der Waals surface area (Å²) in [6.45, 7) is -0.685. The van der Waals surface area contributed by atoms with Gasteiger partial charge in [-0.3, -0.25) is 4.79 Å². The summed E-state index contributed by atoms with van der Waals surface area (Å²) in [5.74, 6) is -4.28. The summed E-state index contributed by atoms with van der Waals surface area (Å²) in [5, 5.41) is 61.3. The molecule has 0 amide bonds. The van der Waals surface area contributed by atoms with Crippen molar-refractivity contribution < 1.29 is 63.9 Å². The number of rotatable bonds is 6. The maximum absolute atomic E-state index is 13.1. The number of phenolic OH excluding ortho intramolecular Hbond substituents is 1. The second-order valence-corrected chi connectivity index (χ2v) is 10.0. The zero-order chi connectivity index (χ0) is 28.1. The zero-order valence-corrected chi connectivity index (χ0v) is 20.8. The Morgan fingerprint density at radius 1 is 1.05 bits per heavy atom. The SMILES string of the molecule is COC(=O)C1=CO[C@@H](O[C@H]2O[C@@H](CO)[C@H](O)[C@@H](O)[C@@H]2O)[C@@H]2[C@H]1C=C[C@@]21OC(=O)[C@@H](Cc2ccc(O)cc2)[C@@H]1O. The van der Waals surface area contributed by atoms with Gasteiger partial charge in [-0.2, -0.15) is 0 Å². The summed E-state index contributed by atoms with van der Waals surface area (Å²) < 4.78 is 27.7. The van der Waals surface area contributed by atoms with E-state index in [1.165, 1.54) is 25.3 Å². The summed E-state index contributed by atoms with van der Waals surface area (Å²) in [4.78, 5) is 25.6. The Kier molecular flexibility index (Phi) is 7.41. The van der Waals surface area contributed by atoms with Crippen molar-refractivity contribution in [1.29, 1.82) is 0 Å². The lowest BCUT2D eigenvalue weighted by Crippen LogP contribution is -2.61. The van der Waals surface area contributed by atoms with E-state index >= 15 is 0 Å². The fraction of sp³-hybridized carbons (Fsp3) is 0.538. The van der Waals surface area contributed by atoms with Crippen LogP contribution in [-0.4, -0.2) is 105 Å². The van der Waals surface area contributed by atoms with Gasteiger partial charge in [0.15, 0.2) is 11.9 Å². The highest BCUT2D eigenvalue weighted by Crippen LogP contribution is 2.53. The van der Waals surface area contributed by atoms with Gasteiger partial charge < -0.3 is 54.3 Å². The van der Waals surface area contributed by atoms with Crippen LogP contribution < -0.4 is 0 Å². The number of allylic oxidation sites excluding steroid dienone is 1. The van der Waals surface area contributed by atoms with Crippen molar-refractivity contribution in [3.8, 4) is 5.75 Å². The second-order valence-electron chi connectivity index (χ2n) is 10.0. The van der Waals surface area contributed by atoms with E-state index in [1.807, 2.05) is 0 Å².